The Labute approximate surface area is 114 Å². The molecule has 0 aromatic carbocycles. The third-order valence-corrected chi connectivity index (χ3v) is 4.42. The van der Waals surface area contributed by atoms with E-state index in [9.17, 15) is 4.21 Å². The van der Waals surface area contributed by atoms with Crippen LogP contribution in [0.15, 0.2) is 22.8 Å². The van der Waals surface area contributed by atoms with Gasteiger partial charge in [-0.05, 0) is 39.3 Å². The van der Waals surface area contributed by atoms with Gasteiger partial charge in [-0.3, -0.25) is 4.98 Å². The molecule has 0 saturated heterocycles. The summed E-state index contributed by atoms with van der Waals surface area (Å²) in [6.45, 7) is 7.92. The molecular formula is C12H19BrN2OS. The fourth-order valence-electron chi connectivity index (χ4n) is 1.27. The van der Waals surface area contributed by atoms with Crippen LogP contribution in [-0.4, -0.2) is 13.9 Å². The molecule has 1 rings (SSSR count). The van der Waals surface area contributed by atoms with Crippen molar-refractivity contribution in [2.45, 2.75) is 44.9 Å². The first kappa shape index (κ1) is 14.8. The standard InChI is InChI=1S/C12H19BrN2OS/c1-5-10(15-17(16)12(2,3)4)11-8-9(13)6-7-14-11/h6-8,10,15H,5H2,1-4H3. The Morgan fingerprint density at radius 3 is 2.65 bits per heavy atom. The number of hydrogen-bond donors (Lipinski definition) is 1. The van der Waals surface area contributed by atoms with Gasteiger partial charge in [0.2, 0.25) is 0 Å². The van der Waals surface area contributed by atoms with Crippen molar-refractivity contribution in [1.82, 2.24) is 9.71 Å². The molecule has 1 N–H and O–H groups in total. The quantitative estimate of drug-likeness (QED) is 0.925. The number of aromatic nitrogens is 1. The zero-order chi connectivity index (χ0) is 13.1. The molecule has 0 bridgehead atoms. The topological polar surface area (TPSA) is 42.0 Å². The van der Waals surface area contributed by atoms with E-state index in [1.165, 1.54) is 0 Å². The van der Waals surface area contributed by atoms with E-state index in [1.54, 1.807) is 6.20 Å². The van der Waals surface area contributed by atoms with Crippen molar-refractivity contribution in [1.29, 1.82) is 0 Å². The Morgan fingerprint density at radius 2 is 2.18 bits per heavy atom. The normalized spacial score (nSPS) is 15.6. The lowest BCUT2D eigenvalue weighted by atomic mass is 10.1. The highest BCUT2D eigenvalue weighted by Crippen LogP contribution is 2.20. The molecule has 2 atom stereocenters. The molecule has 0 saturated carbocycles. The maximum atomic E-state index is 12.1. The molecular weight excluding hydrogens is 300 g/mol. The Balaban J connectivity index is 2.83. The second-order valence-corrected chi connectivity index (χ2v) is 7.77. The minimum absolute atomic E-state index is 0.0209. The summed E-state index contributed by atoms with van der Waals surface area (Å²) >= 11 is 3.42. The van der Waals surface area contributed by atoms with Crippen LogP contribution < -0.4 is 4.72 Å². The average Bonchev–Trinajstić information content (AvgIpc) is 2.24. The lowest BCUT2D eigenvalue weighted by Crippen LogP contribution is -2.35. The van der Waals surface area contributed by atoms with Crippen LogP contribution in [0.25, 0.3) is 0 Å². The molecule has 1 aromatic rings. The van der Waals surface area contributed by atoms with E-state index < -0.39 is 11.0 Å². The minimum atomic E-state index is -1.08. The second-order valence-electron chi connectivity index (χ2n) is 4.86. The van der Waals surface area contributed by atoms with Gasteiger partial charge in [-0.25, -0.2) is 8.93 Å². The summed E-state index contributed by atoms with van der Waals surface area (Å²) in [5, 5.41) is 0. The SMILES string of the molecule is CCC(NS(=O)C(C)(C)C)c1cc(Br)ccn1. The molecule has 0 aliphatic heterocycles. The molecule has 0 aliphatic rings. The monoisotopic (exact) mass is 318 g/mol. The number of hydrogen-bond acceptors (Lipinski definition) is 2. The molecule has 1 aromatic heterocycles. The molecule has 96 valence electrons. The minimum Gasteiger partial charge on any atom is -0.260 e. The van der Waals surface area contributed by atoms with Crippen LogP contribution in [0.3, 0.4) is 0 Å². The Morgan fingerprint density at radius 1 is 1.53 bits per heavy atom. The first-order chi connectivity index (χ1) is 7.84. The molecule has 0 amide bonds. The van der Waals surface area contributed by atoms with E-state index in [0.29, 0.717) is 0 Å². The van der Waals surface area contributed by atoms with Gasteiger partial charge >= 0.3 is 0 Å². The number of halogens is 1. The van der Waals surface area contributed by atoms with Crippen molar-refractivity contribution in [2.24, 2.45) is 0 Å². The molecule has 2 unspecified atom stereocenters. The Hall–Kier alpha value is -0.260. The number of rotatable bonds is 4. The highest BCUT2D eigenvalue weighted by atomic mass is 79.9. The van der Waals surface area contributed by atoms with Gasteiger partial charge in [0.05, 0.1) is 27.5 Å². The van der Waals surface area contributed by atoms with Gasteiger partial charge in [-0.15, -0.1) is 0 Å². The van der Waals surface area contributed by atoms with Crippen molar-refractivity contribution in [2.75, 3.05) is 0 Å². The van der Waals surface area contributed by atoms with E-state index >= 15 is 0 Å². The van der Waals surface area contributed by atoms with E-state index in [0.717, 1.165) is 16.6 Å². The van der Waals surface area contributed by atoms with Crippen molar-refractivity contribution in [3.05, 3.63) is 28.5 Å². The molecule has 3 nitrogen and oxygen atoms in total. The van der Waals surface area contributed by atoms with Gasteiger partial charge in [-0.2, -0.15) is 0 Å². The van der Waals surface area contributed by atoms with Crippen LogP contribution in [0.2, 0.25) is 0 Å². The van der Waals surface area contributed by atoms with E-state index in [2.05, 4.69) is 32.6 Å². The van der Waals surface area contributed by atoms with Gasteiger partial charge in [-0.1, -0.05) is 22.9 Å². The van der Waals surface area contributed by atoms with Crippen LogP contribution in [0.5, 0.6) is 0 Å². The number of nitrogens with zero attached hydrogens (tertiary/aromatic N) is 1. The Kier molecular flexibility index (Phi) is 5.28. The highest BCUT2D eigenvalue weighted by Gasteiger charge is 2.23. The summed E-state index contributed by atoms with van der Waals surface area (Å²) in [6, 6.07) is 3.87. The van der Waals surface area contributed by atoms with Crippen molar-refractivity contribution in [3.63, 3.8) is 0 Å². The predicted molar refractivity (Wildman–Crippen MR) is 76.0 cm³/mol. The number of nitrogens with one attached hydrogen (secondary N) is 1. The summed E-state index contributed by atoms with van der Waals surface area (Å²) in [5.41, 5.74) is 0.916. The molecule has 0 spiro atoms. The lowest BCUT2D eigenvalue weighted by molar-refractivity contribution is 0.579. The molecule has 0 fully saturated rings. The second kappa shape index (κ2) is 6.07. The van der Waals surface area contributed by atoms with Crippen molar-refractivity contribution >= 4 is 26.9 Å². The summed E-state index contributed by atoms with van der Waals surface area (Å²) < 4.78 is 15.9. The maximum Gasteiger partial charge on any atom is 0.0976 e. The van der Waals surface area contributed by atoms with Gasteiger partial charge in [0.15, 0.2) is 0 Å². The predicted octanol–water partition coefficient (Wildman–Crippen LogP) is 3.35. The third kappa shape index (κ3) is 4.48. The molecule has 0 radical (unpaired) electrons. The fourth-order valence-corrected chi connectivity index (χ4v) is 2.52. The van der Waals surface area contributed by atoms with Gasteiger partial charge in [0.25, 0.3) is 0 Å². The largest absolute Gasteiger partial charge is 0.260 e. The van der Waals surface area contributed by atoms with E-state index in [4.69, 9.17) is 0 Å². The average molecular weight is 319 g/mol. The summed E-state index contributed by atoms with van der Waals surface area (Å²) in [5.74, 6) is 0. The maximum absolute atomic E-state index is 12.1. The van der Waals surface area contributed by atoms with Gasteiger partial charge < -0.3 is 0 Å². The lowest BCUT2D eigenvalue weighted by Gasteiger charge is -2.23. The van der Waals surface area contributed by atoms with Gasteiger partial charge in [0.1, 0.15) is 0 Å². The first-order valence-corrected chi connectivity index (χ1v) is 7.58. The highest BCUT2D eigenvalue weighted by molar-refractivity contribution is 9.10. The third-order valence-electron chi connectivity index (χ3n) is 2.31. The number of pyridine rings is 1. The van der Waals surface area contributed by atoms with Crippen LogP contribution in [0.1, 0.15) is 45.9 Å². The molecule has 17 heavy (non-hydrogen) atoms. The van der Waals surface area contributed by atoms with Crippen molar-refractivity contribution < 1.29 is 4.21 Å². The summed E-state index contributed by atoms with van der Waals surface area (Å²) in [7, 11) is -1.08. The smallest absolute Gasteiger partial charge is 0.0976 e. The molecule has 1 heterocycles. The fraction of sp³-hybridized carbons (Fsp3) is 0.583. The first-order valence-electron chi connectivity index (χ1n) is 5.64. The summed E-state index contributed by atoms with van der Waals surface area (Å²) in [6.07, 6.45) is 2.61. The molecule has 0 aliphatic carbocycles. The van der Waals surface area contributed by atoms with Crippen LogP contribution >= 0.6 is 15.9 Å². The van der Waals surface area contributed by atoms with Crippen LogP contribution in [0.4, 0.5) is 0 Å². The molecule has 5 heteroatoms. The zero-order valence-corrected chi connectivity index (χ0v) is 13.1. The summed E-state index contributed by atoms with van der Waals surface area (Å²) in [4.78, 5) is 4.32. The van der Waals surface area contributed by atoms with Crippen LogP contribution in [-0.2, 0) is 11.0 Å². The van der Waals surface area contributed by atoms with Crippen LogP contribution in [0, 0.1) is 0 Å². The zero-order valence-electron chi connectivity index (χ0n) is 10.7. The van der Waals surface area contributed by atoms with E-state index in [1.807, 2.05) is 32.9 Å². The van der Waals surface area contributed by atoms with Gasteiger partial charge in [0, 0.05) is 10.7 Å². The Bertz CT molecular complexity index is 404. The van der Waals surface area contributed by atoms with Crippen molar-refractivity contribution in [3.8, 4) is 0 Å². The van der Waals surface area contributed by atoms with E-state index in [-0.39, 0.29) is 10.8 Å².